The Morgan fingerprint density at radius 1 is 1.10 bits per heavy atom. The third-order valence-electron chi connectivity index (χ3n) is 5.67. The first-order valence-electron chi connectivity index (χ1n) is 10.3. The molecule has 0 radical (unpaired) electrons. The molecule has 0 aromatic heterocycles. The topological polar surface area (TPSA) is 59.1 Å². The molecule has 2 aromatic carbocycles. The van der Waals surface area contributed by atoms with Crippen molar-refractivity contribution >= 4 is 11.8 Å². The van der Waals surface area contributed by atoms with Crippen LogP contribution in [0.1, 0.15) is 29.7 Å². The molecule has 1 unspecified atom stereocenters. The van der Waals surface area contributed by atoms with Crippen LogP contribution in [-0.4, -0.2) is 62.1 Å². The Kier molecular flexibility index (Phi) is 7.46. The molecule has 1 aliphatic rings. The van der Waals surface area contributed by atoms with E-state index in [4.69, 9.17) is 9.47 Å². The maximum Gasteiger partial charge on any atom is 0.242 e. The SMILES string of the molecule is COCCN(CC(=O)N1CCc2ccccc2C1C)C(=O)Cc1ccc(OC)cc1. The number of nitrogens with zero attached hydrogens (tertiary/aromatic N) is 2. The highest BCUT2D eigenvalue weighted by atomic mass is 16.5. The van der Waals surface area contributed by atoms with Gasteiger partial charge in [0.1, 0.15) is 5.75 Å². The van der Waals surface area contributed by atoms with Gasteiger partial charge in [0.15, 0.2) is 0 Å². The average molecular weight is 411 g/mol. The fourth-order valence-electron chi connectivity index (χ4n) is 3.89. The quantitative estimate of drug-likeness (QED) is 0.672. The molecule has 2 aromatic rings. The van der Waals surface area contributed by atoms with Crippen molar-refractivity contribution in [3.05, 3.63) is 65.2 Å². The smallest absolute Gasteiger partial charge is 0.242 e. The Bertz CT molecular complexity index is 866. The standard InChI is InChI=1S/C24H30N2O4/c1-18-22-7-5-4-6-20(22)12-13-26(18)24(28)17-25(14-15-29-2)23(27)16-19-8-10-21(30-3)11-9-19/h4-11,18H,12-17H2,1-3H3. The lowest BCUT2D eigenvalue weighted by atomic mass is 9.93. The molecule has 1 atom stereocenters. The van der Waals surface area contributed by atoms with E-state index in [1.807, 2.05) is 41.3 Å². The minimum Gasteiger partial charge on any atom is -0.497 e. The average Bonchev–Trinajstić information content (AvgIpc) is 2.77. The van der Waals surface area contributed by atoms with Crippen LogP contribution in [0.15, 0.2) is 48.5 Å². The van der Waals surface area contributed by atoms with Crippen molar-refractivity contribution in [2.45, 2.75) is 25.8 Å². The molecular weight excluding hydrogens is 380 g/mol. The van der Waals surface area contributed by atoms with Crippen molar-refractivity contribution in [1.82, 2.24) is 9.80 Å². The van der Waals surface area contributed by atoms with Crippen molar-refractivity contribution in [3.8, 4) is 5.75 Å². The summed E-state index contributed by atoms with van der Waals surface area (Å²) in [7, 11) is 3.20. The molecule has 0 saturated carbocycles. The first-order chi connectivity index (χ1) is 14.5. The van der Waals surface area contributed by atoms with Gasteiger partial charge in [-0.25, -0.2) is 0 Å². The van der Waals surface area contributed by atoms with E-state index in [9.17, 15) is 9.59 Å². The lowest BCUT2D eigenvalue weighted by molar-refractivity contribution is -0.142. The van der Waals surface area contributed by atoms with E-state index >= 15 is 0 Å². The molecule has 0 fully saturated rings. The third-order valence-corrected chi connectivity index (χ3v) is 5.67. The van der Waals surface area contributed by atoms with Gasteiger partial charge in [-0.15, -0.1) is 0 Å². The zero-order valence-corrected chi connectivity index (χ0v) is 18.0. The van der Waals surface area contributed by atoms with Gasteiger partial charge in [0.25, 0.3) is 0 Å². The summed E-state index contributed by atoms with van der Waals surface area (Å²) in [5, 5.41) is 0. The Morgan fingerprint density at radius 2 is 1.83 bits per heavy atom. The number of rotatable bonds is 8. The molecule has 1 heterocycles. The normalized spacial score (nSPS) is 15.4. The van der Waals surface area contributed by atoms with Crippen molar-refractivity contribution in [2.24, 2.45) is 0 Å². The Balaban J connectivity index is 1.67. The van der Waals surface area contributed by atoms with E-state index in [-0.39, 0.29) is 30.8 Å². The van der Waals surface area contributed by atoms with Crippen LogP contribution < -0.4 is 4.74 Å². The predicted octanol–water partition coefficient (Wildman–Crippen LogP) is 2.86. The lowest BCUT2D eigenvalue weighted by Crippen LogP contribution is -2.47. The highest BCUT2D eigenvalue weighted by Crippen LogP contribution is 2.29. The first-order valence-corrected chi connectivity index (χ1v) is 10.3. The van der Waals surface area contributed by atoms with Gasteiger partial charge in [0.2, 0.25) is 11.8 Å². The fourth-order valence-corrected chi connectivity index (χ4v) is 3.89. The number of methoxy groups -OCH3 is 2. The van der Waals surface area contributed by atoms with Gasteiger partial charge >= 0.3 is 0 Å². The minimum atomic E-state index is -0.0874. The number of carbonyl (C=O) groups excluding carboxylic acids is 2. The van der Waals surface area contributed by atoms with Crippen LogP contribution in [0.25, 0.3) is 0 Å². The van der Waals surface area contributed by atoms with E-state index in [0.717, 1.165) is 17.7 Å². The molecule has 6 nitrogen and oxygen atoms in total. The number of fused-ring (bicyclic) bond motifs is 1. The largest absolute Gasteiger partial charge is 0.497 e. The predicted molar refractivity (Wildman–Crippen MR) is 115 cm³/mol. The van der Waals surface area contributed by atoms with Gasteiger partial charge in [0.05, 0.1) is 32.7 Å². The van der Waals surface area contributed by atoms with Crippen LogP contribution in [0, 0.1) is 0 Å². The number of benzene rings is 2. The fraction of sp³-hybridized carbons (Fsp3) is 0.417. The van der Waals surface area contributed by atoms with Crippen LogP contribution >= 0.6 is 0 Å². The summed E-state index contributed by atoms with van der Waals surface area (Å²) in [5.74, 6) is 0.629. The van der Waals surface area contributed by atoms with Gasteiger partial charge in [-0.3, -0.25) is 9.59 Å². The highest BCUT2D eigenvalue weighted by molar-refractivity contribution is 5.86. The molecule has 0 spiro atoms. The van der Waals surface area contributed by atoms with Crippen LogP contribution in [-0.2, 0) is 27.2 Å². The molecule has 0 saturated heterocycles. The number of amides is 2. The highest BCUT2D eigenvalue weighted by Gasteiger charge is 2.29. The van der Waals surface area contributed by atoms with Crippen LogP contribution in [0.4, 0.5) is 0 Å². The second kappa shape index (κ2) is 10.3. The van der Waals surface area contributed by atoms with Crippen molar-refractivity contribution < 1.29 is 19.1 Å². The summed E-state index contributed by atoms with van der Waals surface area (Å²) in [6.07, 6.45) is 1.07. The van der Waals surface area contributed by atoms with E-state index < -0.39 is 0 Å². The summed E-state index contributed by atoms with van der Waals surface area (Å²) in [5.41, 5.74) is 3.36. The summed E-state index contributed by atoms with van der Waals surface area (Å²) >= 11 is 0. The maximum absolute atomic E-state index is 13.1. The summed E-state index contributed by atoms with van der Waals surface area (Å²) in [4.78, 5) is 29.5. The molecule has 3 rings (SSSR count). The van der Waals surface area contributed by atoms with Gasteiger partial charge in [-0.1, -0.05) is 36.4 Å². The van der Waals surface area contributed by atoms with E-state index in [1.54, 1.807) is 19.1 Å². The monoisotopic (exact) mass is 410 g/mol. The van der Waals surface area contributed by atoms with E-state index in [2.05, 4.69) is 19.1 Å². The molecular formula is C24H30N2O4. The Hall–Kier alpha value is -2.86. The lowest BCUT2D eigenvalue weighted by Gasteiger charge is -2.36. The van der Waals surface area contributed by atoms with Crippen LogP contribution in [0.2, 0.25) is 0 Å². The molecule has 0 N–H and O–H groups in total. The Labute approximate surface area is 178 Å². The zero-order chi connectivity index (χ0) is 21.5. The summed E-state index contributed by atoms with van der Waals surface area (Å²) < 4.78 is 10.3. The Morgan fingerprint density at radius 3 is 2.53 bits per heavy atom. The minimum absolute atomic E-state index is 0.00316. The maximum atomic E-state index is 13.1. The van der Waals surface area contributed by atoms with Gasteiger partial charge < -0.3 is 19.3 Å². The first kappa shape index (κ1) is 21.8. The van der Waals surface area contributed by atoms with Crippen LogP contribution in [0.3, 0.4) is 0 Å². The van der Waals surface area contributed by atoms with Crippen molar-refractivity contribution in [2.75, 3.05) is 40.5 Å². The molecule has 2 amide bonds. The molecule has 6 heteroatoms. The second-order valence-corrected chi connectivity index (χ2v) is 7.54. The molecule has 0 aliphatic carbocycles. The number of ether oxygens (including phenoxy) is 2. The van der Waals surface area contributed by atoms with E-state index in [0.29, 0.717) is 19.7 Å². The number of hydrogen-bond acceptors (Lipinski definition) is 4. The second-order valence-electron chi connectivity index (χ2n) is 7.54. The van der Waals surface area contributed by atoms with Gasteiger partial charge in [-0.2, -0.15) is 0 Å². The molecule has 0 bridgehead atoms. The summed E-state index contributed by atoms with van der Waals surface area (Å²) in [6, 6.07) is 15.7. The van der Waals surface area contributed by atoms with Gasteiger partial charge in [0, 0.05) is 20.2 Å². The van der Waals surface area contributed by atoms with E-state index in [1.165, 1.54) is 11.1 Å². The number of hydrogen-bond donors (Lipinski definition) is 0. The molecule has 160 valence electrons. The van der Waals surface area contributed by atoms with Crippen molar-refractivity contribution in [3.63, 3.8) is 0 Å². The molecule has 1 aliphatic heterocycles. The number of carbonyl (C=O) groups is 2. The van der Waals surface area contributed by atoms with Gasteiger partial charge in [-0.05, 0) is 42.2 Å². The molecule has 30 heavy (non-hydrogen) atoms. The van der Waals surface area contributed by atoms with Crippen LogP contribution in [0.5, 0.6) is 5.75 Å². The third kappa shape index (κ3) is 5.19. The zero-order valence-electron chi connectivity index (χ0n) is 18.0. The summed E-state index contributed by atoms with van der Waals surface area (Å²) in [6.45, 7) is 3.55. The van der Waals surface area contributed by atoms with Crippen molar-refractivity contribution in [1.29, 1.82) is 0 Å².